The lowest BCUT2D eigenvalue weighted by Gasteiger charge is -2.11. The Bertz CT molecular complexity index is 3120. The zero-order valence-electron chi connectivity index (χ0n) is 38.1. The predicted molar refractivity (Wildman–Crippen MR) is 289 cm³/mol. The number of imidazole rings is 1. The Hall–Kier alpha value is -7.27. The average Bonchev–Trinajstić information content (AvgIpc) is 3.80. The summed E-state index contributed by atoms with van der Waals surface area (Å²) in [5.74, 6) is 1.97. The van der Waals surface area contributed by atoms with Gasteiger partial charge in [0.1, 0.15) is 46.5 Å². The van der Waals surface area contributed by atoms with Crippen molar-refractivity contribution in [3.8, 4) is 35.1 Å². The molecule has 0 aliphatic rings. The van der Waals surface area contributed by atoms with E-state index in [1.54, 1.807) is 74.9 Å². The maximum absolute atomic E-state index is 12.5. The number of amides is 1. The number of fused-ring (bicyclic) bond motifs is 1. The Morgan fingerprint density at radius 3 is 1.93 bits per heavy atom. The normalized spacial score (nSPS) is 10.9. The number of carbonyl (C=O) groups excluding carboxylic acids is 2. The summed E-state index contributed by atoms with van der Waals surface area (Å²) in [4.78, 5) is 32.1. The first-order valence-corrected chi connectivity index (χ1v) is 23.4. The minimum absolute atomic E-state index is 0. The van der Waals surface area contributed by atoms with Crippen LogP contribution >= 0.6 is 47.8 Å². The number of hydrogen-bond donors (Lipinski definition) is 4. The van der Waals surface area contributed by atoms with Gasteiger partial charge < -0.3 is 34.7 Å². The van der Waals surface area contributed by atoms with Gasteiger partial charge in [0.2, 0.25) is 0 Å². The Morgan fingerprint density at radius 1 is 0.757 bits per heavy atom. The fourth-order valence-electron chi connectivity index (χ4n) is 6.46. The molecule has 1 amide bonds. The van der Waals surface area contributed by atoms with Crippen molar-refractivity contribution < 1.29 is 34.0 Å². The molecule has 0 saturated carbocycles. The molecule has 12 nitrogen and oxygen atoms in total. The molecular weight excluding hydrogens is 1080 g/mol. The molecule has 0 saturated heterocycles. The van der Waals surface area contributed by atoms with Crippen LogP contribution < -0.4 is 19.5 Å². The van der Waals surface area contributed by atoms with E-state index in [1.165, 1.54) is 12.2 Å². The Balaban J connectivity index is 0.000000229. The van der Waals surface area contributed by atoms with E-state index < -0.39 is 5.91 Å². The predicted octanol–water partition coefficient (Wildman–Crippen LogP) is 13.6. The van der Waals surface area contributed by atoms with Crippen molar-refractivity contribution in [1.29, 1.82) is 10.5 Å². The number of nitriles is 2. The third-order valence-electron chi connectivity index (χ3n) is 10.1. The monoisotopic (exact) mass is 1130 g/mol. The summed E-state index contributed by atoms with van der Waals surface area (Å²) in [5, 5.41) is 40.5. The first-order valence-electron chi connectivity index (χ1n) is 21.0. The van der Waals surface area contributed by atoms with Gasteiger partial charge in [-0.1, -0.05) is 100.0 Å². The number of ketones is 1. The maximum atomic E-state index is 12.5. The number of aromatic nitrogens is 2. The molecule has 15 heteroatoms. The van der Waals surface area contributed by atoms with Gasteiger partial charge in [0, 0.05) is 31.2 Å². The number of carbonyl (C=O) groups is 2. The van der Waals surface area contributed by atoms with E-state index in [0.29, 0.717) is 56.4 Å². The van der Waals surface area contributed by atoms with Crippen molar-refractivity contribution >= 4 is 100 Å². The Morgan fingerprint density at radius 2 is 1.34 bits per heavy atom. The Labute approximate surface area is 433 Å². The summed E-state index contributed by atoms with van der Waals surface area (Å²) in [7, 11) is 3.21. The van der Waals surface area contributed by atoms with Crippen LogP contribution in [0.1, 0.15) is 63.9 Å². The topological polar surface area (TPSA) is 191 Å². The standard InChI is InChI=1S/C20H19BrN2O3.C18H14BrN3O.C16H13BrO3.CH4/c1-4-26-18-8-6-5-7-17(18)23-20(24)15(12-22)9-14-10-16(21)13(2)19(11-14)25-3;1-11-14(19)8-12(9-17(11)23-2)7-13(10-20)18-21-15-5-3-4-6-16(15)22-18;17-14-9-11(8-13(10-18)16(14)20)6-7-15(19)12-4-2-1-3-5-12;/h5-11H,4H2,1-3H3,(H,23,24);3-9H,1-2H3,(H,21,22);1-9,18,20H,10H2;1H4/b15-9+;13-7+;7-6+;. The molecule has 0 spiro atoms. The highest BCUT2D eigenvalue weighted by atomic mass is 79.9. The van der Waals surface area contributed by atoms with Crippen LogP contribution in [0.4, 0.5) is 5.69 Å². The number of phenols is 1. The lowest BCUT2D eigenvalue weighted by Crippen LogP contribution is -2.14. The quantitative estimate of drug-likeness (QED) is 0.0491. The molecule has 0 atom stereocenters. The van der Waals surface area contributed by atoms with E-state index in [4.69, 9.17) is 19.3 Å². The number of nitrogens with one attached hydrogen (secondary N) is 2. The van der Waals surface area contributed by atoms with Crippen LogP contribution in [-0.2, 0) is 11.4 Å². The molecule has 0 aliphatic heterocycles. The fraction of sp³-hybridized carbons (Fsp3) is 0.145. The number of ether oxygens (including phenoxy) is 3. The van der Waals surface area contributed by atoms with Gasteiger partial charge in [0.25, 0.3) is 5.91 Å². The number of aromatic hydroxyl groups is 1. The summed E-state index contributed by atoms with van der Waals surface area (Å²) in [5.41, 5.74) is 7.98. The minimum Gasteiger partial charge on any atom is -0.506 e. The van der Waals surface area contributed by atoms with Crippen molar-refractivity contribution in [2.45, 2.75) is 34.8 Å². The van der Waals surface area contributed by atoms with Gasteiger partial charge in [0.05, 0.1) is 54.2 Å². The lowest BCUT2D eigenvalue weighted by molar-refractivity contribution is -0.112. The SMILES string of the molecule is C.CCOc1ccccc1NC(=O)/C(C#N)=C/c1cc(Br)c(C)c(OC)c1.COc1cc(/C=C(\C#N)c2nc3ccccc3[nH]2)cc(Br)c1C.O=C(/C=C/c1cc(Br)c(O)c(CO)c1)c1ccccc1. The van der Waals surface area contributed by atoms with Crippen LogP contribution in [0, 0.1) is 36.5 Å². The molecule has 4 N–H and O–H groups in total. The molecule has 70 heavy (non-hydrogen) atoms. The van der Waals surface area contributed by atoms with Crippen molar-refractivity contribution in [2.75, 3.05) is 26.1 Å². The fourth-order valence-corrected chi connectivity index (χ4v) is 7.90. The number of halogens is 3. The summed E-state index contributed by atoms with van der Waals surface area (Å²) in [6.45, 7) is 5.96. The number of aliphatic hydroxyl groups excluding tert-OH is 1. The molecular formula is C55H50Br3N5O7. The highest BCUT2D eigenvalue weighted by molar-refractivity contribution is 9.11. The number of nitrogens with zero attached hydrogens (tertiary/aromatic N) is 3. The number of rotatable bonds is 13. The van der Waals surface area contributed by atoms with E-state index in [-0.39, 0.29) is 31.1 Å². The second-order valence-electron chi connectivity index (χ2n) is 14.7. The zero-order valence-corrected chi connectivity index (χ0v) is 42.9. The van der Waals surface area contributed by atoms with Crippen LogP contribution in [0.2, 0.25) is 0 Å². The summed E-state index contributed by atoms with van der Waals surface area (Å²) < 4.78 is 18.4. The van der Waals surface area contributed by atoms with Gasteiger partial charge in [-0.25, -0.2) is 4.98 Å². The first-order chi connectivity index (χ1) is 33.2. The van der Waals surface area contributed by atoms with Gasteiger partial charge >= 0.3 is 0 Å². The van der Waals surface area contributed by atoms with E-state index in [2.05, 4.69) is 69.1 Å². The van der Waals surface area contributed by atoms with E-state index in [0.717, 1.165) is 48.0 Å². The van der Waals surface area contributed by atoms with Crippen LogP contribution in [-0.4, -0.2) is 52.7 Å². The molecule has 0 unspecified atom stereocenters. The van der Waals surface area contributed by atoms with Gasteiger partial charge in [-0.15, -0.1) is 0 Å². The van der Waals surface area contributed by atoms with Crippen LogP contribution in [0.5, 0.6) is 23.0 Å². The number of hydrogen-bond acceptors (Lipinski definition) is 10. The smallest absolute Gasteiger partial charge is 0.266 e. The molecule has 7 rings (SSSR count). The number of para-hydroxylation sites is 4. The van der Waals surface area contributed by atoms with Crippen LogP contribution in [0.15, 0.2) is 140 Å². The third-order valence-corrected chi connectivity index (χ3v) is 12.3. The van der Waals surface area contributed by atoms with E-state index >= 15 is 0 Å². The highest BCUT2D eigenvalue weighted by Crippen LogP contribution is 2.32. The minimum atomic E-state index is -0.504. The number of methoxy groups -OCH3 is 2. The second kappa shape index (κ2) is 27.1. The molecule has 1 aromatic heterocycles. The van der Waals surface area contributed by atoms with Gasteiger partial charge in [0.15, 0.2) is 5.78 Å². The lowest BCUT2D eigenvalue weighted by atomic mass is 10.1. The zero-order chi connectivity index (χ0) is 50.0. The van der Waals surface area contributed by atoms with Gasteiger partial charge in [-0.2, -0.15) is 10.5 Å². The Kier molecular flexibility index (Phi) is 21.4. The number of benzene rings is 6. The molecule has 0 fully saturated rings. The van der Waals surface area contributed by atoms with Crippen LogP contribution in [0.25, 0.3) is 34.8 Å². The molecule has 0 radical (unpaired) electrons. The summed E-state index contributed by atoms with van der Waals surface area (Å²) in [6, 6.07) is 38.7. The number of H-pyrrole nitrogens is 1. The number of aromatic amines is 1. The molecule has 0 aliphatic carbocycles. The second-order valence-corrected chi connectivity index (χ2v) is 17.3. The van der Waals surface area contributed by atoms with Crippen molar-refractivity contribution in [2.24, 2.45) is 0 Å². The third kappa shape index (κ3) is 14.9. The summed E-state index contributed by atoms with van der Waals surface area (Å²) in [6.07, 6.45) is 6.43. The van der Waals surface area contributed by atoms with Crippen LogP contribution in [0.3, 0.4) is 0 Å². The van der Waals surface area contributed by atoms with Gasteiger partial charge in [-0.3, -0.25) is 9.59 Å². The van der Waals surface area contributed by atoms with E-state index in [1.807, 2.05) is 93.6 Å². The summed E-state index contributed by atoms with van der Waals surface area (Å²) >= 11 is 10.2. The number of allylic oxidation sites excluding steroid dienone is 2. The van der Waals surface area contributed by atoms with Crippen molar-refractivity contribution in [1.82, 2.24) is 9.97 Å². The highest BCUT2D eigenvalue weighted by Gasteiger charge is 2.15. The molecule has 7 aromatic rings. The largest absolute Gasteiger partial charge is 0.506 e. The number of aliphatic hydroxyl groups is 1. The number of anilines is 1. The average molecular weight is 1130 g/mol. The van der Waals surface area contributed by atoms with Gasteiger partial charge in [-0.05, 0) is 132 Å². The molecule has 0 bridgehead atoms. The van der Waals surface area contributed by atoms with E-state index in [9.17, 15) is 25.2 Å². The van der Waals surface area contributed by atoms with Crippen molar-refractivity contribution in [3.05, 3.63) is 185 Å². The molecule has 358 valence electrons. The molecule has 1 heterocycles. The molecule has 6 aromatic carbocycles. The first kappa shape index (κ1) is 55.3. The van der Waals surface area contributed by atoms with Crippen molar-refractivity contribution in [3.63, 3.8) is 0 Å². The maximum Gasteiger partial charge on any atom is 0.266 e.